The van der Waals surface area contributed by atoms with Crippen LogP contribution in [0.4, 0.5) is 16.3 Å². The van der Waals surface area contributed by atoms with Crippen molar-refractivity contribution in [3.05, 3.63) is 95.1 Å². The number of rotatable bonds is 9. The van der Waals surface area contributed by atoms with E-state index >= 15 is 0 Å². The van der Waals surface area contributed by atoms with Crippen LogP contribution in [0.1, 0.15) is 32.0 Å². The summed E-state index contributed by atoms with van der Waals surface area (Å²) >= 11 is 6.47. The molecule has 0 spiro atoms. The zero-order valence-corrected chi connectivity index (χ0v) is 24.5. The number of hydrogen-bond acceptors (Lipinski definition) is 5. The maximum Gasteiger partial charge on any atom is 0.322 e. The van der Waals surface area contributed by atoms with Crippen LogP contribution in [-0.2, 0) is 16.8 Å². The minimum Gasteiger partial charge on any atom is -0.497 e. The van der Waals surface area contributed by atoms with E-state index in [4.69, 9.17) is 26.2 Å². The largest absolute Gasteiger partial charge is 0.497 e. The molecule has 3 amide bonds. The molecule has 214 valence electrons. The van der Waals surface area contributed by atoms with Crippen LogP contribution in [0.5, 0.6) is 11.5 Å². The fraction of sp³-hybridized carbons (Fsp3) is 0.258. The summed E-state index contributed by atoms with van der Waals surface area (Å²) < 4.78 is 12.3. The van der Waals surface area contributed by atoms with E-state index in [0.29, 0.717) is 33.7 Å². The van der Waals surface area contributed by atoms with Crippen LogP contribution < -0.4 is 20.1 Å². The Labute approximate surface area is 245 Å². The van der Waals surface area contributed by atoms with Gasteiger partial charge in [-0.2, -0.15) is 5.10 Å². The number of nitrogens with zero attached hydrogens (tertiary/aromatic N) is 3. The summed E-state index contributed by atoms with van der Waals surface area (Å²) in [6.07, 6.45) is 0. The molecule has 0 radical (unpaired) electrons. The van der Waals surface area contributed by atoms with E-state index in [2.05, 4.69) is 10.6 Å². The third-order valence-corrected chi connectivity index (χ3v) is 6.59. The van der Waals surface area contributed by atoms with Gasteiger partial charge in [-0.3, -0.25) is 4.79 Å². The zero-order valence-electron chi connectivity index (χ0n) is 23.8. The molecular weight excluding hydrogens is 542 g/mol. The van der Waals surface area contributed by atoms with Crippen LogP contribution in [-0.4, -0.2) is 47.4 Å². The first kappa shape index (κ1) is 29.5. The Morgan fingerprint density at radius 3 is 2.15 bits per heavy atom. The first-order chi connectivity index (χ1) is 19.6. The number of aromatic nitrogens is 2. The molecule has 9 nitrogen and oxygen atoms in total. The molecule has 0 aliphatic rings. The molecule has 0 unspecified atom stereocenters. The van der Waals surface area contributed by atoms with Crippen molar-refractivity contribution in [3.63, 3.8) is 0 Å². The number of hydrogen-bond donors (Lipinski definition) is 2. The lowest BCUT2D eigenvalue weighted by molar-refractivity contribution is -0.116. The Balaban J connectivity index is 1.60. The predicted molar refractivity (Wildman–Crippen MR) is 161 cm³/mol. The van der Waals surface area contributed by atoms with Gasteiger partial charge in [0, 0.05) is 41.9 Å². The van der Waals surface area contributed by atoms with E-state index in [1.165, 1.54) is 19.1 Å². The molecule has 0 saturated carbocycles. The number of methoxy groups -OCH3 is 2. The third kappa shape index (κ3) is 7.58. The topological polar surface area (TPSA) is 97.7 Å². The van der Waals surface area contributed by atoms with E-state index < -0.39 is 11.9 Å². The first-order valence-corrected chi connectivity index (χ1v) is 13.4. The van der Waals surface area contributed by atoms with E-state index in [0.717, 1.165) is 11.3 Å². The van der Waals surface area contributed by atoms with Gasteiger partial charge in [0.1, 0.15) is 23.9 Å². The SMILES string of the molecule is COc1cc(NC(=O)N(CC(=O)Nc2cc(C(C)(C)C)nn2-c2ccccc2Cl)Cc2ccccc2)cc(OC)c1. The lowest BCUT2D eigenvalue weighted by atomic mass is 9.92. The molecule has 0 atom stereocenters. The average molecular weight is 576 g/mol. The van der Waals surface area contributed by atoms with Gasteiger partial charge in [0.05, 0.1) is 30.6 Å². The van der Waals surface area contributed by atoms with Crippen LogP contribution in [0, 0.1) is 0 Å². The fourth-order valence-corrected chi connectivity index (χ4v) is 4.30. The van der Waals surface area contributed by atoms with Crippen LogP contribution in [0.15, 0.2) is 78.9 Å². The predicted octanol–water partition coefficient (Wildman–Crippen LogP) is 6.51. The fourth-order valence-electron chi connectivity index (χ4n) is 4.08. The molecule has 4 aromatic rings. The van der Waals surface area contributed by atoms with Gasteiger partial charge in [-0.1, -0.05) is 74.8 Å². The molecule has 3 aromatic carbocycles. The van der Waals surface area contributed by atoms with Gasteiger partial charge in [-0.05, 0) is 17.7 Å². The number of para-hydroxylation sites is 1. The van der Waals surface area contributed by atoms with Crippen molar-refractivity contribution in [1.29, 1.82) is 0 Å². The summed E-state index contributed by atoms with van der Waals surface area (Å²) in [5.74, 6) is 1.10. The van der Waals surface area contributed by atoms with Gasteiger partial charge in [-0.25, -0.2) is 9.48 Å². The molecule has 0 fully saturated rings. The second kappa shape index (κ2) is 12.8. The Bertz CT molecular complexity index is 1490. The van der Waals surface area contributed by atoms with Gasteiger partial charge in [-0.15, -0.1) is 0 Å². The smallest absolute Gasteiger partial charge is 0.322 e. The Morgan fingerprint density at radius 1 is 0.902 bits per heavy atom. The highest BCUT2D eigenvalue weighted by atomic mass is 35.5. The van der Waals surface area contributed by atoms with Crippen molar-refractivity contribution in [3.8, 4) is 17.2 Å². The molecule has 1 aromatic heterocycles. The molecule has 1 heterocycles. The van der Waals surface area contributed by atoms with Crippen LogP contribution in [0.25, 0.3) is 5.69 Å². The molecule has 0 aliphatic carbocycles. The maximum atomic E-state index is 13.5. The average Bonchev–Trinajstić information content (AvgIpc) is 3.37. The maximum absolute atomic E-state index is 13.5. The summed E-state index contributed by atoms with van der Waals surface area (Å²) in [4.78, 5) is 28.4. The molecular formula is C31H34ClN5O4. The van der Waals surface area contributed by atoms with Crippen molar-refractivity contribution in [2.45, 2.75) is 32.7 Å². The van der Waals surface area contributed by atoms with Crippen molar-refractivity contribution in [2.24, 2.45) is 0 Å². The Morgan fingerprint density at radius 2 is 1.54 bits per heavy atom. The van der Waals surface area contributed by atoms with Gasteiger partial charge in [0.2, 0.25) is 5.91 Å². The lowest BCUT2D eigenvalue weighted by Gasteiger charge is -2.23. The lowest BCUT2D eigenvalue weighted by Crippen LogP contribution is -2.40. The minimum absolute atomic E-state index is 0.207. The summed E-state index contributed by atoms with van der Waals surface area (Å²) in [7, 11) is 3.07. The van der Waals surface area contributed by atoms with Crippen LogP contribution in [0.3, 0.4) is 0 Å². The molecule has 10 heteroatoms. The number of anilines is 2. The van der Waals surface area contributed by atoms with Crippen molar-refractivity contribution >= 4 is 35.0 Å². The monoisotopic (exact) mass is 575 g/mol. The quantitative estimate of drug-likeness (QED) is 0.237. The number of carbonyl (C=O) groups is 2. The van der Waals surface area contributed by atoms with E-state index in [1.807, 2.05) is 75.4 Å². The molecule has 0 saturated heterocycles. The van der Waals surface area contributed by atoms with Crippen molar-refractivity contribution in [1.82, 2.24) is 14.7 Å². The highest BCUT2D eigenvalue weighted by Crippen LogP contribution is 2.29. The minimum atomic E-state index is -0.464. The Kier molecular flexibility index (Phi) is 9.19. The second-order valence-corrected chi connectivity index (χ2v) is 10.9. The summed E-state index contributed by atoms with van der Waals surface area (Å²) in [6, 6.07) is 23.2. The zero-order chi connectivity index (χ0) is 29.6. The van der Waals surface area contributed by atoms with Crippen LogP contribution >= 0.6 is 11.6 Å². The molecule has 0 aliphatic heterocycles. The number of nitrogens with one attached hydrogen (secondary N) is 2. The number of carbonyl (C=O) groups excluding carboxylic acids is 2. The van der Waals surface area contributed by atoms with E-state index in [1.54, 1.807) is 28.9 Å². The van der Waals surface area contributed by atoms with Gasteiger partial charge >= 0.3 is 6.03 Å². The second-order valence-electron chi connectivity index (χ2n) is 10.4. The highest BCUT2D eigenvalue weighted by molar-refractivity contribution is 6.32. The number of ether oxygens (including phenoxy) is 2. The summed E-state index contributed by atoms with van der Waals surface area (Å²) in [6.45, 7) is 6.10. The third-order valence-electron chi connectivity index (χ3n) is 6.27. The molecule has 0 bridgehead atoms. The molecule has 41 heavy (non-hydrogen) atoms. The number of halogens is 1. The summed E-state index contributed by atoms with van der Waals surface area (Å²) in [5.41, 5.74) is 2.47. The molecule has 2 N–H and O–H groups in total. The van der Waals surface area contributed by atoms with Crippen molar-refractivity contribution in [2.75, 3.05) is 31.4 Å². The molecule has 4 rings (SSSR count). The number of amides is 3. The Hall–Kier alpha value is -4.50. The van der Waals surface area contributed by atoms with Gasteiger partial charge in [0.25, 0.3) is 0 Å². The first-order valence-electron chi connectivity index (χ1n) is 13.1. The van der Waals surface area contributed by atoms with Crippen molar-refractivity contribution < 1.29 is 19.1 Å². The van der Waals surface area contributed by atoms with Crippen LogP contribution in [0.2, 0.25) is 5.02 Å². The van der Waals surface area contributed by atoms with Gasteiger partial charge in [0.15, 0.2) is 0 Å². The number of urea groups is 1. The van der Waals surface area contributed by atoms with E-state index in [9.17, 15) is 9.59 Å². The number of benzene rings is 3. The standard InChI is InChI=1S/C31H34ClN5O4/c1-31(2,3)27-18-28(37(35-27)26-14-10-9-13-25(26)32)34-29(38)20-36(19-21-11-7-6-8-12-21)30(39)33-22-15-23(40-4)17-24(16-22)41-5/h6-18H,19-20H2,1-5H3,(H,33,39)(H,34,38). The van der Waals surface area contributed by atoms with E-state index in [-0.39, 0.29) is 18.5 Å². The summed E-state index contributed by atoms with van der Waals surface area (Å²) in [5, 5.41) is 11.0. The highest BCUT2D eigenvalue weighted by Gasteiger charge is 2.24. The normalized spacial score (nSPS) is 11.1. The van der Waals surface area contributed by atoms with Gasteiger partial charge < -0.3 is 25.0 Å².